The van der Waals surface area contributed by atoms with E-state index in [0.717, 1.165) is 4.90 Å². The van der Waals surface area contributed by atoms with Gasteiger partial charge < -0.3 is 4.74 Å². The minimum Gasteiger partial charge on any atom is -0.462 e. The third-order valence-corrected chi connectivity index (χ3v) is 3.41. The molecular weight excluding hydrogens is 305 g/mol. The lowest BCUT2D eigenvalue weighted by Gasteiger charge is -2.14. The summed E-state index contributed by atoms with van der Waals surface area (Å²) in [4.78, 5) is 35.9. The summed E-state index contributed by atoms with van der Waals surface area (Å²) >= 11 is 11.3. The summed E-state index contributed by atoms with van der Waals surface area (Å²) in [6.07, 6.45) is 0. The molecule has 1 aliphatic heterocycles. The Kier molecular flexibility index (Phi) is 4.11. The molecule has 0 radical (unpaired) electrons. The lowest BCUT2D eigenvalue weighted by molar-refractivity contribution is -0.120. The molecule has 7 heteroatoms. The average Bonchev–Trinajstić information content (AvgIpc) is 2.64. The number of halogens is 2. The maximum absolute atomic E-state index is 11.8. The largest absolute Gasteiger partial charge is 0.462 e. The topological polar surface area (TPSA) is 63.7 Å². The summed E-state index contributed by atoms with van der Waals surface area (Å²) in [7, 11) is 0. The first-order valence-electron chi connectivity index (χ1n) is 5.68. The highest BCUT2D eigenvalue weighted by Crippen LogP contribution is 2.31. The molecule has 1 aromatic rings. The number of hydrogen-bond donors (Lipinski definition) is 0. The molecule has 1 aliphatic rings. The Morgan fingerprint density at radius 3 is 2.05 bits per heavy atom. The van der Waals surface area contributed by atoms with E-state index in [1.165, 1.54) is 24.3 Å². The molecular formula is C13H9Cl2NO4. The number of carbonyl (C=O) groups is 3. The predicted octanol–water partition coefficient (Wildman–Crippen LogP) is 2.43. The summed E-state index contributed by atoms with van der Waals surface area (Å²) in [5.41, 5.74) is 0.599. The van der Waals surface area contributed by atoms with Gasteiger partial charge in [-0.25, -0.2) is 9.69 Å². The van der Waals surface area contributed by atoms with E-state index < -0.39 is 17.8 Å². The van der Waals surface area contributed by atoms with Crippen molar-refractivity contribution in [2.24, 2.45) is 0 Å². The van der Waals surface area contributed by atoms with Crippen LogP contribution in [0.3, 0.4) is 0 Å². The SMILES string of the molecule is CCOC(=O)c1ccc(N2C(=O)C(Cl)=C(Cl)C2=O)cc1. The fraction of sp³-hybridized carbons (Fsp3) is 0.154. The summed E-state index contributed by atoms with van der Waals surface area (Å²) in [6.45, 7) is 1.96. The third kappa shape index (κ3) is 2.42. The summed E-state index contributed by atoms with van der Waals surface area (Å²) < 4.78 is 4.83. The molecule has 2 amide bonds. The van der Waals surface area contributed by atoms with Crippen molar-refractivity contribution in [2.45, 2.75) is 6.92 Å². The van der Waals surface area contributed by atoms with Crippen molar-refractivity contribution >= 4 is 46.7 Å². The zero-order chi connectivity index (χ0) is 14.9. The number of benzene rings is 1. The number of ether oxygens (including phenoxy) is 1. The number of rotatable bonds is 3. The van der Waals surface area contributed by atoms with Crippen LogP contribution in [0.15, 0.2) is 34.3 Å². The first kappa shape index (κ1) is 14.6. The van der Waals surface area contributed by atoms with E-state index in [2.05, 4.69) is 0 Å². The molecule has 0 saturated carbocycles. The highest BCUT2D eigenvalue weighted by molar-refractivity contribution is 6.62. The predicted molar refractivity (Wildman–Crippen MR) is 73.6 cm³/mol. The second-order valence-electron chi connectivity index (χ2n) is 3.84. The van der Waals surface area contributed by atoms with E-state index in [-0.39, 0.29) is 22.4 Å². The smallest absolute Gasteiger partial charge is 0.338 e. The normalized spacial score (nSPS) is 15.1. The van der Waals surface area contributed by atoms with Crippen LogP contribution in [-0.4, -0.2) is 24.4 Å². The van der Waals surface area contributed by atoms with Crippen molar-refractivity contribution in [1.29, 1.82) is 0 Å². The summed E-state index contributed by atoms with van der Waals surface area (Å²) in [5.74, 6) is -1.86. The van der Waals surface area contributed by atoms with Crippen LogP contribution in [0.4, 0.5) is 5.69 Å². The van der Waals surface area contributed by atoms with E-state index in [9.17, 15) is 14.4 Å². The minimum atomic E-state index is -0.689. The number of anilines is 1. The van der Waals surface area contributed by atoms with E-state index in [4.69, 9.17) is 27.9 Å². The molecule has 1 heterocycles. The molecule has 0 spiro atoms. The molecule has 1 aromatic carbocycles. The van der Waals surface area contributed by atoms with Crippen LogP contribution in [0.1, 0.15) is 17.3 Å². The van der Waals surface area contributed by atoms with Crippen LogP contribution in [0.2, 0.25) is 0 Å². The van der Waals surface area contributed by atoms with Gasteiger partial charge in [0.1, 0.15) is 10.1 Å². The Morgan fingerprint density at radius 1 is 1.10 bits per heavy atom. The molecule has 0 atom stereocenters. The maximum Gasteiger partial charge on any atom is 0.338 e. The van der Waals surface area contributed by atoms with Gasteiger partial charge >= 0.3 is 5.97 Å². The first-order chi connectivity index (χ1) is 9.47. The van der Waals surface area contributed by atoms with Gasteiger partial charge in [-0.3, -0.25) is 9.59 Å². The third-order valence-electron chi connectivity index (χ3n) is 2.61. The molecule has 0 unspecified atom stereocenters. The summed E-state index contributed by atoms with van der Waals surface area (Å²) in [6, 6.07) is 5.80. The molecule has 0 N–H and O–H groups in total. The van der Waals surface area contributed by atoms with Crippen molar-refractivity contribution in [3.05, 3.63) is 39.9 Å². The van der Waals surface area contributed by atoms with Crippen LogP contribution in [0.5, 0.6) is 0 Å². The van der Waals surface area contributed by atoms with Gasteiger partial charge in [0, 0.05) is 0 Å². The van der Waals surface area contributed by atoms with Gasteiger partial charge in [-0.1, -0.05) is 23.2 Å². The summed E-state index contributed by atoms with van der Waals surface area (Å²) in [5, 5.41) is -0.628. The Labute approximate surface area is 124 Å². The molecule has 0 bridgehead atoms. The molecule has 0 aromatic heterocycles. The standard InChI is InChI=1S/C13H9Cl2NO4/c1-2-20-13(19)7-3-5-8(6-4-7)16-11(17)9(14)10(15)12(16)18/h3-6H,2H2,1H3. The molecule has 20 heavy (non-hydrogen) atoms. The lowest BCUT2D eigenvalue weighted by Crippen LogP contribution is -2.30. The lowest BCUT2D eigenvalue weighted by atomic mass is 10.2. The van der Waals surface area contributed by atoms with Crippen molar-refractivity contribution in [3.63, 3.8) is 0 Å². The molecule has 0 aliphatic carbocycles. The maximum atomic E-state index is 11.8. The van der Waals surface area contributed by atoms with Crippen molar-refractivity contribution in [2.75, 3.05) is 11.5 Å². The van der Waals surface area contributed by atoms with Gasteiger partial charge in [0.25, 0.3) is 11.8 Å². The monoisotopic (exact) mass is 313 g/mol. The Morgan fingerprint density at radius 2 is 1.60 bits per heavy atom. The molecule has 0 fully saturated rings. The van der Waals surface area contributed by atoms with E-state index in [1.807, 2.05) is 0 Å². The number of hydrogen-bond acceptors (Lipinski definition) is 4. The number of imide groups is 1. The van der Waals surface area contributed by atoms with Gasteiger partial charge in [-0.15, -0.1) is 0 Å². The van der Waals surface area contributed by atoms with Gasteiger partial charge in [0.05, 0.1) is 17.9 Å². The molecule has 0 saturated heterocycles. The number of carbonyl (C=O) groups excluding carboxylic acids is 3. The van der Waals surface area contributed by atoms with Crippen LogP contribution < -0.4 is 4.90 Å². The Balaban J connectivity index is 2.26. The van der Waals surface area contributed by atoms with Crippen LogP contribution in [-0.2, 0) is 14.3 Å². The van der Waals surface area contributed by atoms with Gasteiger partial charge in [0.2, 0.25) is 0 Å². The highest BCUT2D eigenvalue weighted by atomic mass is 35.5. The van der Waals surface area contributed by atoms with E-state index in [1.54, 1.807) is 6.92 Å². The van der Waals surface area contributed by atoms with Crippen molar-refractivity contribution in [3.8, 4) is 0 Å². The van der Waals surface area contributed by atoms with Crippen LogP contribution in [0.25, 0.3) is 0 Å². The molecule has 104 valence electrons. The highest BCUT2D eigenvalue weighted by Gasteiger charge is 2.37. The number of amides is 2. The van der Waals surface area contributed by atoms with Gasteiger partial charge in [-0.05, 0) is 31.2 Å². The zero-order valence-corrected chi connectivity index (χ0v) is 11.9. The number of nitrogens with zero attached hydrogens (tertiary/aromatic N) is 1. The quantitative estimate of drug-likeness (QED) is 0.635. The second kappa shape index (κ2) is 5.64. The Bertz CT molecular complexity index is 598. The van der Waals surface area contributed by atoms with Crippen molar-refractivity contribution in [1.82, 2.24) is 0 Å². The van der Waals surface area contributed by atoms with Gasteiger partial charge in [-0.2, -0.15) is 0 Å². The molecule has 2 rings (SSSR count). The second-order valence-corrected chi connectivity index (χ2v) is 4.60. The van der Waals surface area contributed by atoms with E-state index in [0.29, 0.717) is 5.56 Å². The van der Waals surface area contributed by atoms with Crippen molar-refractivity contribution < 1.29 is 19.1 Å². The van der Waals surface area contributed by atoms with Gasteiger partial charge in [0.15, 0.2) is 0 Å². The minimum absolute atomic E-state index is 0.263. The first-order valence-corrected chi connectivity index (χ1v) is 6.44. The Hall–Kier alpha value is -1.85. The fourth-order valence-electron chi connectivity index (χ4n) is 1.67. The number of esters is 1. The fourth-order valence-corrected chi connectivity index (χ4v) is 2.00. The zero-order valence-electron chi connectivity index (χ0n) is 10.4. The average molecular weight is 314 g/mol. The van der Waals surface area contributed by atoms with Crippen LogP contribution >= 0.6 is 23.2 Å². The van der Waals surface area contributed by atoms with E-state index >= 15 is 0 Å². The molecule has 5 nitrogen and oxygen atoms in total. The van der Waals surface area contributed by atoms with Crippen LogP contribution in [0, 0.1) is 0 Å².